The second kappa shape index (κ2) is 7.00. The van der Waals surface area contributed by atoms with E-state index in [9.17, 15) is 0 Å². The minimum Gasteiger partial charge on any atom is -0.392 e. The molecule has 2 N–H and O–H groups in total. The lowest BCUT2D eigenvalue weighted by Crippen LogP contribution is -2.20. The third-order valence-electron chi connectivity index (χ3n) is 3.37. The van der Waals surface area contributed by atoms with Crippen LogP contribution in [0, 0.1) is 0 Å². The van der Waals surface area contributed by atoms with Crippen LogP contribution in [0.15, 0.2) is 59.3 Å². The van der Waals surface area contributed by atoms with Crippen LogP contribution in [0.5, 0.6) is 0 Å². The predicted octanol–water partition coefficient (Wildman–Crippen LogP) is 4.18. The van der Waals surface area contributed by atoms with Gasteiger partial charge in [0.05, 0.1) is 12.6 Å². The Kier molecular flexibility index (Phi) is 4.83. The average Bonchev–Trinajstić information content (AvgIpc) is 3.22. The van der Waals surface area contributed by atoms with Gasteiger partial charge in [-0.25, -0.2) is 0 Å². The smallest absolute Gasteiger partial charge is 0.0767 e. The van der Waals surface area contributed by atoms with Gasteiger partial charge in [0.25, 0.3) is 0 Å². The second-order valence-corrected chi connectivity index (χ2v) is 6.78. The lowest BCUT2D eigenvalue weighted by Gasteiger charge is -2.16. The van der Waals surface area contributed by atoms with E-state index in [1.807, 2.05) is 12.1 Å². The molecule has 0 unspecified atom stereocenters. The summed E-state index contributed by atoms with van der Waals surface area (Å²) in [6.07, 6.45) is 0. The van der Waals surface area contributed by atoms with Crippen LogP contribution < -0.4 is 5.32 Å². The first kappa shape index (κ1) is 14.5. The van der Waals surface area contributed by atoms with Crippen LogP contribution in [0.1, 0.15) is 26.9 Å². The first-order valence-electron chi connectivity index (χ1n) is 6.85. The summed E-state index contributed by atoms with van der Waals surface area (Å²) < 4.78 is 0. The van der Waals surface area contributed by atoms with E-state index in [2.05, 4.69) is 52.5 Å². The molecular weight excluding hydrogens is 298 g/mol. The summed E-state index contributed by atoms with van der Waals surface area (Å²) in [5.41, 5.74) is 2.18. The van der Waals surface area contributed by atoms with Gasteiger partial charge in [0, 0.05) is 16.3 Å². The van der Waals surface area contributed by atoms with Crippen molar-refractivity contribution in [1.82, 2.24) is 5.32 Å². The van der Waals surface area contributed by atoms with Crippen molar-refractivity contribution in [1.29, 1.82) is 0 Å². The minimum absolute atomic E-state index is 0.0979. The molecule has 0 spiro atoms. The third kappa shape index (κ3) is 3.60. The largest absolute Gasteiger partial charge is 0.392 e. The van der Waals surface area contributed by atoms with Gasteiger partial charge in [0.1, 0.15) is 0 Å². The summed E-state index contributed by atoms with van der Waals surface area (Å²) in [4.78, 5) is 2.67. The summed E-state index contributed by atoms with van der Waals surface area (Å²) in [7, 11) is 0. The van der Waals surface area contributed by atoms with E-state index in [-0.39, 0.29) is 12.6 Å². The zero-order valence-corrected chi connectivity index (χ0v) is 13.2. The van der Waals surface area contributed by atoms with Crippen LogP contribution in [-0.2, 0) is 13.2 Å². The standard InChI is InChI=1S/C17H17NOS2/c19-12-14-7-5-13(6-8-14)11-18-17(15-3-1-9-20-15)16-4-2-10-21-16/h1-10,17-19H,11-12H2. The monoisotopic (exact) mass is 315 g/mol. The topological polar surface area (TPSA) is 32.3 Å². The van der Waals surface area contributed by atoms with E-state index in [1.165, 1.54) is 15.3 Å². The Bertz CT molecular complexity index is 610. The van der Waals surface area contributed by atoms with Crippen LogP contribution in [0.3, 0.4) is 0 Å². The second-order valence-electron chi connectivity index (χ2n) is 4.82. The molecule has 0 saturated carbocycles. The molecule has 2 heterocycles. The zero-order chi connectivity index (χ0) is 14.5. The van der Waals surface area contributed by atoms with E-state index in [1.54, 1.807) is 22.7 Å². The van der Waals surface area contributed by atoms with Gasteiger partial charge in [-0.1, -0.05) is 36.4 Å². The van der Waals surface area contributed by atoms with Crippen molar-refractivity contribution in [2.45, 2.75) is 19.2 Å². The molecule has 4 heteroatoms. The molecule has 0 aliphatic heterocycles. The summed E-state index contributed by atoms with van der Waals surface area (Å²) >= 11 is 3.56. The van der Waals surface area contributed by atoms with Gasteiger partial charge < -0.3 is 10.4 Å². The fourth-order valence-corrected chi connectivity index (χ4v) is 3.95. The number of rotatable bonds is 6. The Morgan fingerprint density at radius 2 is 1.43 bits per heavy atom. The highest BCUT2D eigenvalue weighted by molar-refractivity contribution is 7.11. The maximum atomic E-state index is 9.08. The fraction of sp³-hybridized carbons (Fsp3) is 0.176. The molecule has 3 rings (SSSR count). The van der Waals surface area contributed by atoms with Gasteiger partial charge in [0.15, 0.2) is 0 Å². The molecule has 0 amide bonds. The van der Waals surface area contributed by atoms with Gasteiger partial charge in [-0.2, -0.15) is 0 Å². The van der Waals surface area contributed by atoms with Crippen LogP contribution >= 0.6 is 22.7 Å². The quantitative estimate of drug-likeness (QED) is 0.715. The predicted molar refractivity (Wildman–Crippen MR) is 89.7 cm³/mol. The Morgan fingerprint density at radius 1 is 0.857 bits per heavy atom. The molecule has 0 bridgehead atoms. The van der Waals surface area contributed by atoms with Crippen LogP contribution in [-0.4, -0.2) is 5.11 Å². The number of hydrogen-bond acceptors (Lipinski definition) is 4. The molecule has 0 aliphatic rings. The lowest BCUT2D eigenvalue weighted by atomic mass is 10.1. The highest BCUT2D eigenvalue weighted by Crippen LogP contribution is 2.29. The highest BCUT2D eigenvalue weighted by Gasteiger charge is 2.15. The molecule has 1 aromatic carbocycles. The summed E-state index contributed by atoms with van der Waals surface area (Å²) in [5, 5.41) is 17.0. The molecule has 0 fully saturated rings. The lowest BCUT2D eigenvalue weighted by molar-refractivity contribution is 0.282. The van der Waals surface area contributed by atoms with Crippen molar-refractivity contribution < 1.29 is 5.11 Å². The molecule has 21 heavy (non-hydrogen) atoms. The Labute approximate surface area is 132 Å². The Morgan fingerprint density at radius 3 is 1.90 bits per heavy atom. The molecule has 0 radical (unpaired) electrons. The number of benzene rings is 1. The average molecular weight is 315 g/mol. The van der Waals surface area contributed by atoms with Crippen molar-refractivity contribution in [3.63, 3.8) is 0 Å². The van der Waals surface area contributed by atoms with Crippen molar-refractivity contribution in [2.75, 3.05) is 0 Å². The van der Waals surface area contributed by atoms with Gasteiger partial charge >= 0.3 is 0 Å². The maximum absolute atomic E-state index is 9.08. The fourth-order valence-electron chi connectivity index (χ4n) is 2.23. The molecule has 108 valence electrons. The Balaban J connectivity index is 1.73. The molecule has 0 atom stereocenters. The normalized spacial score (nSPS) is 11.1. The molecule has 0 saturated heterocycles. The number of hydrogen-bond donors (Lipinski definition) is 2. The van der Waals surface area contributed by atoms with Gasteiger partial charge in [-0.15, -0.1) is 22.7 Å². The van der Waals surface area contributed by atoms with E-state index in [0.717, 1.165) is 12.1 Å². The van der Waals surface area contributed by atoms with E-state index < -0.39 is 0 Å². The van der Waals surface area contributed by atoms with Crippen LogP contribution in [0.2, 0.25) is 0 Å². The highest BCUT2D eigenvalue weighted by atomic mass is 32.1. The maximum Gasteiger partial charge on any atom is 0.0767 e. The Hall–Kier alpha value is -1.46. The number of thiophene rings is 2. The van der Waals surface area contributed by atoms with E-state index >= 15 is 0 Å². The minimum atomic E-state index is 0.0979. The third-order valence-corrected chi connectivity index (χ3v) is 5.25. The van der Waals surface area contributed by atoms with Gasteiger partial charge in [-0.05, 0) is 34.0 Å². The number of aliphatic hydroxyl groups is 1. The van der Waals surface area contributed by atoms with Crippen LogP contribution in [0.25, 0.3) is 0 Å². The van der Waals surface area contributed by atoms with Crippen molar-refractivity contribution in [3.8, 4) is 0 Å². The molecule has 2 nitrogen and oxygen atoms in total. The van der Waals surface area contributed by atoms with Gasteiger partial charge in [-0.3, -0.25) is 0 Å². The van der Waals surface area contributed by atoms with Crippen molar-refractivity contribution >= 4 is 22.7 Å². The molecule has 2 aromatic heterocycles. The number of aliphatic hydroxyl groups excluding tert-OH is 1. The molecule has 3 aromatic rings. The zero-order valence-electron chi connectivity index (χ0n) is 11.5. The SMILES string of the molecule is OCc1ccc(CNC(c2cccs2)c2cccs2)cc1. The number of nitrogens with one attached hydrogen (secondary N) is 1. The summed E-state index contributed by atoms with van der Waals surface area (Å²) in [6.45, 7) is 0.910. The molecule has 0 aliphatic carbocycles. The first-order chi connectivity index (χ1) is 10.4. The summed E-state index contributed by atoms with van der Waals surface area (Å²) in [6, 6.07) is 16.9. The first-order valence-corrected chi connectivity index (χ1v) is 8.61. The van der Waals surface area contributed by atoms with Crippen molar-refractivity contribution in [3.05, 3.63) is 80.2 Å². The van der Waals surface area contributed by atoms with E-state index in [4.69, 9.17) is 5.11 Å². The van der Waals surface area contributed by atoms with Crippen molar-refractivity contribution in [2.24, 2.45) is 0 Å². The van der Waals surface area contributed by atoms with Gasteiger partial charge in [0.2, 0.25) is 0 Å². The van der Waals surface area contributed by atoms with Crippen LogP contribution in [0.4, 0.5) is 0 Å². The molecular formula is C17H17NOS2. The summed E-state index contributed by atoms with van der Waals surface area (Å²) in [5.74, 6) is 0. The van der Waals surface area contributed by atoms with E-state index in [0.29, 0.717) is 0 Å².